The van der Waals surface area contributed by atoms with Crippen LogP contribution in [0, 0.1) is 0 Å². The quantitative estimate of drug-likeness (QED) is 0.163. The lowest BCUT2D eigenvalue weighted by atomic mass is 9.94. The first-order valence-corrected chi connectivity index (χ1v) is 20.4. The van der Waals surface area contributed by atoms with Gasteiger partial charge in [0.15, 0.2) is 0 Å². The Labute approximate surface area is 332 Å². The average Bonchev–Trinajstić information content (AvgIpc) is 3.93. The van der Waals surface area contributed by atoms with Crippen molar-refractivity contribution in [1.82, 2.24) is 4.40 Å². The summed E-state index contributed by atoms with van der Waals surface area (Å²) in [5, 5.41) is 15.4. The molecule has 0 spiro atoms. The van der Waals surface area contributed by atoms with Crippen molar-refractivity contribution in [2.45, 2.75) is 0 Å². The van der Waals surface area contributed by atoms with Gasteiger partial charge in [-0.1, -0.05) is 127 Å². The van der Waals surface area contributed by atoms with Crippen LogP contribution in [0.4, 0.5) is 17.1 Å². The zero-order valence-corrected chi connectivity index (χ0v) is 31.6. The van der Waals surface area contributed by atoms with E-state index in [1.165, 1.54) is 102 Å². The SMILES string of the molecule is c1ccc2c(c1)sc1ccc(-c3ccc(N(c4ccc5c6ccccc6c6ccccc6c5c4)c4cc5c6ccccc6n6c7ccccc7c(c4)c56)cc3)cc12. The molecule has 0 N–H and O–H groups in total. The summed E-state index contributed by atoms with van der Waals surface area (Å²) in [7, 11) is 0. The Morgan fingerprint density at radius 2 is 0.772 bits per heavy atom. The zero-order chi connectivity index (χ0) is 37.2. The number of fused-ring (bicyclic) bond motifs is 15. The molecule has 0 aliphatic heterocycles. The molecular formula is C54H32N2S. The molecule has 3 heterocycles. The van der Waals surface area contributed by atoms with Crippen LogP contribution < -0.4 is 4.90 Å². The molecule has 57 heavy (non-hydrogen) atoms. The van der Waals surface area contributed by atoms with Crippen molar-refractivity contribution in [2.24, 2.45) is 0 Å². The van der Waals surface area contributed by atoms with E-state index in [1.807, 2.05) is 11.3 Å². The van der Waals surface area contributed by atoms with Gasteiger partial charge in [0.25, 0.3) is 0 Å². The molecule has 0 atom stereocenters. The summed E-state index contributed by atoms with van der Waals surface area (Å²) in [6.45, 7) is 0. The Morgan fingerprint density at radius 3 is 1.42 bits per heavy atom. The standard InChI is InChI=1S/C54H32N2S/c1-2-13-40-38(11-1)39-12-3-4-14-41(39)46-30-36(26-27-42(40)46)55(35-24-21-33(22-25-35)34-23-28-53-47(29-34)45-17-7-10-20-52(45)57-53)37-31-48-43-15-5-8-18-50(43)56-51-19-9-6-16-44(51)49(32-37)54(48)56/h1-32H. The average molecular weight is 741 g/mol. The highest BCUT2D eigenvalue weighted by Crippen LogP contribution is 2.46. The van der Waals surface area contributed by atoms with Crippen LogP contribution in [0.25, 0.3) is 102 Å². The van der Waals surface area contributed by atoms with Gasteiger partial charge >= 0.3 is 0 Å². The van der Waals surface area contributed by atoms with Crippen LogP contribution in [0.1, 0.15) is 0 Å². The highest BCUT2D eigenvalue weighted by Gasteiger charge is 2.22. The topological polar surface area (TPSA) is 7.65 Å². The van der Waals surface area contributed by atoms with Gasteiger partial charge in [-0.05, 0) is 110 Å². The Balaban J connectivity index is 1.06. The summed E-state index contributed by atoms with van der Waals surface area (Å²) < 4.78 is 5.11. The van der Waals surface area contributed by atoms with E-state index in [9.17, 15) is 0 Å². The van der Waals surface area contributed by atoms with Gasteiger partial charge in [-0.15, -0.1) is 11.3 Å². The van der Waals surface area contributed by atoms with E-state index >= 15 is 0 Å². The Bertz CT molecular complexity index is 3640. The second-order valence-corrected chi connectivity index (χ2v) is 16.4. The van der Waals surface area contributed by atoms with Crippen LogP contribution in [0.15, 0.2) is 194 Å². The zero-order valence-electron chi connectivity index (χ0n) is 30.8. The van der Waals surface area contributed by atoms with Crippen LogP contribution in [0.5, 0.6) is 0 Å². The van der Waals surface area contributed by atoms with Crippen molar-refractivity contribution < 1.29 is 0 Å². The number of aromatic nitrogens is 1. The molecule has 13 aromatic rings. The largest absolute Gasteiger partial charge is 0.310 e. The van der Waals surface area contributed by atoms with Crippen molar-refractivity contribution in [3.05, 3.63) is 194 Å². The summed E-state index contributed by atoms with van der Waals surface area (Å²) in [6, 6.07) is 72.1. The van der Waals surface area contributed by atoms with E-state index in [1.54, 1.807) is 0 Å². The third kappa shape index (κ3) is 4.40. The number of thiophene rings is 1. The molecule has 0 amide bonds. The van der Waals surface area contributed by atoms with E-state index in [2.05, 4.69) is 203 Å². The van der Waals surface area contributed by atoms with Gasteiger partial charge in [-0.3, -0.25) is 0 Å². The monoisotopic (exact) mass is 740 g/mol. The van der Waals surface area contributed by atoms with Crippen molar-refractivity contribution in [2.75, 3.05) is 4.90 Å². The number of benzene rings is 10. The van der Waals surface area contributed by atoms with Crippen LogP contribution in [-0.2, 0) is 0 Å². The Morgan fingerprint density at radius 1 is 0.298 bits per heavy atom. The fourth-order valence-corrected chi connectivity index (χ4v) is 10.8. The summed E-state index contributed by atoms with van der Waals surface area (Å²) in [5.74, 6) is 0. The maximum Gasteiger partial charge on any atom is 0.0622 e. The summed E-state index contributed by atoms with van der Waals surface area (Å²) in [6.07, 6.45) is 0. The molecule has 0 bridgehead atoms. The van der Waals surface area contributed by atoms with Crippen LogP contribution in [0.2, 0.25) is 0 Å². The second-order valence-electron chi connectivity index (χ2n) is 15.3. The fourth-order valence-electron chi connectivity index (χ4n) is 9.75. The predicted octanol–water partition coefficient (Wildman–Crippen LogP) is 15.8. The first-order chi connectivity index (χ1) is 28.3. The maximum absolute atomic E-state index is 2.46. The third-order valence-electron chi connectivity index (χ3n) is 12.3. The molecule has 10 aromatic carbocycles. The van der Waals surface area contributed by atoms with Crippen LogP contribution in [0.3, 0.4) is 0 Å². The van der Waals surface area contributed by atoms with E-state index < -0.39 is 0 Å². The summed E-state index contributed by atoms with van der Waals surface area (Å²) >= 11 is 1.87. The summed E-state index contributed by atoms with van der Waals surface area (Å²) in [5.41, 5.74) is 9.59. The molecule has 13 rings (SSSR count). The number of rotatable bonds is 4. The molecule has 0 aliphatic carbocycles. The van der Waals surface area contributed by atoms with E-state index in [-0.39, 0.29) is 0 Å². The Hall–Kier alpha value is -7.20. The minimum Gasteiger partial charge on any atom is -0.310 e. The highest BCUT2D eigenvalue weighted by atomic mass is 32.1. The molecule has 0 saturated heterocycles. The number of anilines is 3. The lowest BCUT2D eigenvalue weighted by Crippen LogP contribution is -2.10. The lowest BCUT2D eigenvalue weighted by Gasteiger charge is -2.27. The van der Waals surface area contributed by atoms with E-state index in [0.29, 0.717) is 0 Å². The predicted molar refractivity (Wildman–Crippen MR) is 247 cm³/mol. The molecule has 0 unspecified atom stereocenters. The smallest absolute Gasteiger partial charge is 0.0622 e. The normalized spacial score (nSPS) is 12.2. The molecular weight excluding hydrogens is 709 g/mol. The Kier molecular flexibility index (Phi) is 6.35. The van der Waals surface area contributed by atoms with E-state index in [0.717, 1.165) is 17.1 Å². The minimum atomic E-state index is 1.12. The molecule has 0 saturated carbocycles. The number of para-hydroxylation sites is 2. The number of hydrogen-bond acceptors (Lipinski definition) is 2. The van der Waals surface area contributed by atoms with Gasteiger partial charge in [-0.25, -0.2) is 0 Å². The van der Waals surface area contributed by atoms with Crippen molar-refractivity contribution in [3.63, 3.8) is 0 Å². The lowest BCUT2D eigenvalue weighted by molar-refractivity contribution is 1.30. The molecule has 3 aromatic heterocycles. The number of nitrogens with zero attached hydrogens (tertiary/aromatic N) is 2. The fraction of sp³-hybridized carbons (Fsp3) is 0. The van der Waals surface area contributed by atoms with Gasteiger partial charge in [0, 0.05) is 58.8 Å². The number of hydrogen-bond donors (Lipinski definition) is 0. The van der Waals surface area contributed by atoms with Crippen LogP contribution in [-0.4, -0.2) is 4.40 Å². The van der Waals surface area contributed by atoms with Gasteiger partial charge in [0.1, 0.15) is 0 Å². The van der Waals surface area contributed by atoms with Gasteiger partial charge in [0.2, 0.25) is 0 Å². The van der Waals surface area contributed by atoms with Gasteiger partial charge < -0.3 is 9.30 Å². The first-order valence-electron chi connectivity index (χ1n) is 19.6. The first kappa shape index (κ1) is 31.1. The molecule has 0 radical (unpaired) electrons. The molecule has 2 nitrogen and oxygen atoms in total. The van der Waals surface area contributed by atoms with Crippen LogP contribution >= 0.6 is 11.3 Å². The van der Waals surface area contributed by atoms with Gasteiger partial charge in [-0.2, -0.15) is 0 Å². The minimum absolute atomic E-state index is 1.12. The van der Waals surface area contributed by atoms with Crippen molar-refractivity contribution in [1.29, 1.82) is 0 Å². The highest BCUT2D eigenvalue weighted by molar-refractivity contribution is 7.25. The maximum atomic E-state index is 2.46. The third-order valence-corrected chi connectivity index (χ3v) is 13.4. The van der Waals surface area contributed by atoms with Crippen molar-refractivity contribution >= 4 is 119 Å². The molecule has 0 aliphatic rings. The summed E-state index contributed by atoms with van der Waals surface area (Å²) in [4.78, 5) is 2.46. The second kappa shape index (κ2) is 11.7. The molecule has 3 heteroatoms. The van der Waals surface area contributed by atoms with Gasteiger partial charge in [0.05, 0.1) is 16.6 Å². The van der Waals surface area contributed by atoms with Crippen molar-refractivity contribution in [3.8, 4) is 11.1 Å². The molecule has 0 fully saturated rings. The molecule has 264 valence electrons. The van der Waals surface area contributed by atoms with E-state index in [4.69, 9.17) is 0 Å².